The monoisotopic (exact) mass is 340 g/mol. The van der Waals surface area contributed by atoms with Crippen LogP contribution in [0.15, 0.2) is 18.5 Å². The van der Waals surface area contributed by atoms with Gasteiger partial charge in [-0.25, -0.2) is 14.2 Å². The highest BCUT2D eigenvalue weighted by Gasteiger charge is 2.28. The zero-order chi connectivity index (χ0) is 18.0. The molecule has 2 heterocycles. The largest absolute Gasteiger partial charge is 0.465 e. The zero-order valence-electron chi connectivity index (χ0n) is 13.1. The molecule has 0 saturated carbocycles. The van der Waals surface area contributed by atoms with Gasteiger partial charge >= 0.3 is 6.09 Å². The molecule has 2 amide bonds. The number of aryl methyl sites for hydroxylation is 1. The molecule has 0 atom stereocenters. The van der Waals surface area contributed by atoms with Crippen molar-refractivity contribution in [3.63, 3.8) is 0 Å². The highest BCUT2D eigenvalue weighted by atomic mass is 19.1. The van der Waals surface area contributed by atoms with Crippen LogP contribution in [0.1, 0.15) is 22.5 Å². The van der Waals surface area contributed by atoms with Crippen molar-refractivity contribution in [3.8, 4) is 11.8 Å². The predicted octanol–water partition coefficient (Wildman–Crippen LogP) is 1.97. The Morgan fingerprint density at radius 1 is 1.48 bits per heavy atom. The maximum absolute atomic E-state index is 14.3. The number of fused-ring (bicyclic) bond motifs is 1. The average Bonchev–Trinajstić information content (AvgIpc) is 3.10. The van der Waals surface area contributed by atoms with Crippen molar-refractivity contribution in [1.82, 2.24) is 15.3 Å². The number of carboxylic acid groups (broad SMARTS) is 1. The number of hydrogen-bond acceptors (Lipinski definition) is 3. The quantitative estimate of drug-likeness (QED) is 0.495. The van der Waals surface area contributed by atoms with Crippen LogP contribution in [-0.4, -0.2) is 33.6 Å². The number of nitrogens with zero attached hydrogens (tertiary/aromatic N) is 1. The average molecular weight is 340 g/mol. The first-order valence-corrected chi connectivity index (χ1v) is 7.29. The summed E-state index contributed by atoms with van der Waals surface area (Å²) in [6, 6.07) is 2.66. The van der Waals surface area contributed by atoms with Crippen molar-refractivity contribution in [3.05, 3.63) is 46.8 Å². The Morgan fingerprint density at radius 3 is 2.96 bits per heavy atom. The lowest BCUT2D eigenvalue weighted by atomic mass is 9.99. The van der Waals surface area contributed by atoms with Gasteiger partial charge in [0, 0.05) is 11.3 Å². The van der Waals surface area contributed by atoms with Gasteiger partial charge in [0.05, 0.1) is 35.4 Å². The normalized spacial score (nSPS) is 13.8. The van der Waals surface area contributed by atoms with Gasteiger partial charge in [-0.05, 0) is 25.1 Å². The lowest BCUT2D eigenvalue weighted by Crippen LogP contribution is -2.20. The first kappa shape index (κ1) is 16.3. The van der Waals surface area contributed by atoms with E-state index in [-0.39, 0.29) is 23.6 Å². The van der Waals surface area contributed by atoms with E-state index in [1.165, 1.54) is 18.5 Å². The number of aromatic nitrogens is 2. The fourth-order valence-electron chi connectivity index (χ4n) is 2.43. The summed E-state index contributed by atoms with van der Waals surface area (Å²) in [5.74, 6) is 4.17. The number of halogens is 1. The molecule has 25 heavy (non-hydrogen) atoms. The van der Waals surface area contributed by atoms with E-state index in [4.69, 9.17) is 5.11 Å². The Kier molecular flexibility index (Phi) is 4.22. The number of aromatic amines is 1. The summed E-state index contributed by atoms with van der Waals surface area (Å²) < 4.78 is 14.3. The molecular weight excluding hydrogens is 327 g/mol. The van der Waals surface area contributed by atoms with Gasteiger partial charge in [0.1, 0.15) is 5.82 Å². The van der Waals surface area contributed by atoms with Crippen LogP contribution in [-0.2, 0) is 4.79 Å². The summed E-state index contributed by atoms with van der Waals surface area (Å²) in [5, 5.41) is 13.3. The van der Waals surface area contributed by atoms with E-state index in [1.807, 2.05) is 0 Å². The molecule has 3 rings (SSSR count). The van der Waals surface area contributed by atoms with Gasteiger partial charge in [0.15, 0.2) is 0 Å². The summed E-state index contributed by atoms with van der Waals surface area (Å²) in [6.07, 6.45) is 1.84. The molecular formula is C17H13FN4O3. The van der Waals surface area contributed by atoms with E-state index in [0.717, 1.165) is 5.69 Å². The third kappa shape index (κ3) is 3.21. The molecule has 1 aliphatic rings. The van der Waals surface area contributed by atoms with E-state index in [9.17, 15) is 14.0 Å². The van der Waals surface area contributed by atoms with Gasteiger partial charge in [-0.15, -0.1) is 0 Å². The Hall–Kier alpha value is -3.60. The van der Waals surface area contributed by atoms with Crippen LogP contribution in [0.2, 0.25) is 0 Å². The van der Waals surface area contributed by atoms with E-state index >= 15 is 0 Å². The van der Waals surface area contributed by atoms with Gasteiger partial charge in [-0.2, -0.15) is 0 Å². The summed E-state index contributed by atoms with van der Waals surface area (Å²) in [5.41, 5.74) is 2.40. The first-order chi connectivity index (χ1) is 12.0. The third-order valence-electron chi connectivity index (χ3n) is 3.61. The Bertz CT molecular complexity index is 966. The van der Waals surface area contributed by atoms with Gasteiger partial charge in [0.25, 0.3) is 5.91 Å². The second-order valence-corrected chi connectivity index (χ2v) is 5.23. The molecule has 0 aliphatic carbocycles. The van der Waals surface area contributed by atoms with Crippen LogP contribution in [0.5, 0.6) is 0 Å². The highest BCUT2D eigenvalue weighted by molar-refractivity contribution is 6.35. The second-order valence-electron chi connectivity index (χ2n) is 5.23. The van der Waals surface area contributed by atoms with E-state index in [1.54, 1.807) is 13.0 Å². The molecule has 0 saturated heterocycles. The lowest BCUT2D eigenvalue weighted by molar-refractivity contribution is -0.110. The van der Waals surface area contributed by atoms with Crippen LogP contribution >= 0.6 is 0 Å². The van der Waals surface area contributed by atoms with Crippen LogP contribution < -0.4 is 10.6 Å². The molecule has 1 aromatic carbocycles. The van der Waals surface area contributed by atoms with E-state index in [0.29, 0.717) is 16.9 Å². The molecule has 126 valence electrons. The molecule has 1 aliphatic heterocycles. The Balaban J connectivity index is 2.07. The van der Waals surface area contributed by atoms with Crippen LogP contribution in [0.4, 0.5) is 14.9 Å². The SMILES string of the molecule is Cc1[nH]cnc1/C=C1\C(=O)Nc2ccc(F)c(C#CCNC(=O)O)c21. The van der Waals surface area contributed by atoms with Gasteiger partial charge in [-0.3, -0.25) is 4.79 Å². The van der Waals surface area contributed by atoms with Crippen molar-refractivity contribution in [2.24, 2.45) is 0 Å². The maximum atomic E-state index is 14.3. The topological polar surface area (TPSA) is 107 Å². The van der Waals surface area contributed by atoms with Crippen molar-refractivity contribution >= 4 is 29.3 Å². The summed E-state index contributed by atoms with van der Waals surface area (Å²) in [6.45, 7) is 1.65. The number of H-pyrrole nitrogens is 1. The molecule has 0 radical (unpaired) electrons. The molecule has 0 fully saturated rings. The maximum Gasteiger partial charge on any atom is 0.405 e. The van der Waals surface area contributed by atoms with Gasteiger partial charge in [0.2, 0.25) is 0 Å². The number of rotatable bonds is 2. The summed E-state index contributed by atoms with van der Waals surface area (Å²) in [4.78, 5) is 29.7. The lowest BCUT2D eigenvalue weighted by Gasteiger charge is -2.04. The number of amides is 2. The molecule has 0 unspecified atom stereocenters. The fraction of sp³-hybridized carbons (Fsp3) is 0.118. The first-order valence-electron chi connectivity index (χ1n) is 7.29. The molecule has 0 spiro atoms. The Labute approximate surface area is 142 Å². The van der Waals surface area contributed by atoms with Crippen molar-refractivity contribution in [2.45, 2.75) is 6.92 Å². The molecule has 0 bridgehead atoms. The van der Waals surface area contributed by atoms with Crippen LogP contribution in [0.25, 0.3) is 11.6 Å². The standard InChI is InChI=1S/C17H13FN4O3/c1-9-14(21-8-20-9)7-11-15-10(3-2-6-19-17(24)25)12(18)4-5-13(15)22-16(11)23/h4-5,7-8,19H,6H2,1H3,(H,20,21)(H,22,23)(H,24,25)/b11-7-. The minimum Gasteiger partial charge on any atom is -0.465 e. The predicted molar refractivity (Wildman–Crippen MR) is 89.1 cm³/mol. The van der Waals surface area contributed by atoms with Crippen LogP contribution in [0.3, 0.4) is 0 Å². The molecule has 2 aromatic rings. The summed E-state index contributed by atoms with van der Waals surface area (Å²) >= 11 is 0. The minimum absolute atomic E-state index is 0.0301. The second kappa shape index (κ2) is 6.49. The number of anilines is 1. The summed E-state index contributed by atoms with van der Waals surface area (Å²) in [7, 11) is 0. The molecule has 1 aromatic heterocycles. The third-order valence-corrected chi connectivity index (χ3v) is 3.61. The van der Waals surface area contributed by atoms with E-state index in [2.05, 4.69) is 32.4 Å². The molecule has 7 nitrogen and oxygen atoms in total. The number of benzene rings is 1. The van der Waals surface area contributed by atoms with Gasteiger partial charge < -0.3 is 20.7 Å². The minimum atomic E-state index is -1.22. The molecule has 8 heteroatoms. The molecule has 4 N–H and O–H groups in total. The number of imidazole rings is 1. The number of nitrogens with one attached hydrogen (secondary N) is 3. The van der Waals surface area contributed by atoms with Crippen molar-refractivity contribution < 1.29 is 19.1 Å². The number of carbonyl (C=O) groups excluding carboxylic acids is 1. The fourth-order valence-corrected chi connectivity index (χ4v) is 2.43. The number of hydrogen-bond donors (Lipinski definition) is 4. The van der Waals surface area contributed by atoms with Gasteiger partial charge in [-0.1, -0.05) is 11.8 Å². The van der Waals surface area contributed by atoms with Crippen LogP contribution in [0, 0.1) is 24.6 Å². The number of carbonyl (C=O) groups is 2. The highest BCUT2D eigenvalue weighted by Crippen LogP contribution is 2.36. The smallest absolute Gasteiger partial charge is 0.405 e. The Morgan fingerprint density at radius 2 is 2.28 bits per heavy atom. The van der Waals surface area contributed by atoms with E-state index < -0.39 is 11.9 Å². The van der Waals surface area contributed by atoms with Crippen molar-refractivity contribution in [1.29, 1.82) is 0 Å². The van der Waals surface area contributed by atoms with Crippen molar-refractivity contribution in [2.75, 3.05) is 11.9 Å². The zero-order valence-corrected chi connectivity index (χ0v) is 13.1.